The van der Waals surface area contributed by atoms with Crippen molar-refractivity contribution in [2.75, 3.05) is 13.2 Å². The summed E-state index contributed by atoms with van der Waals surface area (Å²) in [4.78, 5) is 38.9. The molecule has 1 N–H and O–H groups in total. The summed E-state index contributed by atoms with van der Waals surface area (Å²) in [6.07, 6.45) is 1.22. The second kappa shape index (κ2) is 8.32. The molecule has 7 nitrogen and oxygen atoms in total. The van der Waals surface area contributed by atoms with Crippen molar-refractivity contribution in [3.8, 4) is 6.07 Å². The van der Waals surface area contributed by atoms with Crippen LogP contribution in [0, 0.1) is 17.2 Å². The lowest BCUT2D eigenvalue weighted by molar-refractivity contribution is -0.152. The van der Waals surface area contributed by atoms with Crippen LogP contribution >= 0.6 is 11.3 Å². The minimum Gasteiger partial charge on any atom is -0.454 e. The number of hydrogen-bond donors (Lipinski definition) is 1. The molecule has 2 amide bonds. The van der Waals surface area contributed by atoms with Crippen molar-refractivity contribution in [2.45, 2.75) is 45.2 Å². The number of esters is 1. The Kier molecular flexibility index (Phi) is 6.37. The van der Waals surface area contributed by atoms with E-state index < -0.39 is 30.1 Å². The van der Waals surface area contributed by atoms with E-state index in [-0.39, 0.29) is 11.8 Å². The number of amides is 2. The Morgan fingerprint density at radius 3 is 2.81 bits per heavy atom. The number of rotatable bonds is 6. The van der Waals surface area contributed by atoms with Crippen LogP contribution in [0.5, 0.6) is 0 Å². The summed E-state index contributed by atoms with van der Waals surface area (Å²) in [6.45, 7) is 5.28. The molecule has 0 bridgehead atoms. The van der Waals surface area contributed by atoms with Crippen molar-refractivity contribution in [3.63, 3.8) is 0 Å². The number of nitriles is 1. The number of carbonyl (C=O) groups is 3. The van der Waals surface area contributed by atoms with Gasteiger partial charge in [-0.2, -0.15) is 5.26 Å². The van der Waals surface area contributed by atoms with E-state index >= 15 is 0 Å². The summed E-state index contributed by atoms with van der Waals surface area (Å²) in [5.41, 5.74) is -1.03. The van der Waals surface area contributed by atoms with Gasteiger partial charge in [-0.25, -0.2) is 4.79 Å². The first-order valence-corrected chi connectivity index (χ1v) is 9.40. The molecule has 1 fully saturated rings. The Balaban J connectivity index is 1.92. The maximum atomic E-state index is 12.5. The smallest absolute Gasteiger partial charge is 0.329 e. The van der Waals surface area contributed by atoms with Crippen LogP contribution in [0.2, 0.25) is 0 Å². The minimum atomic E-state index is -1.03. The standard InChI is InChI=1S/C18H23N3O4S/c1-12(2)18(3,11-19)20-15(22)10-25-17(24)13-6-4-8-21(13)16(23)14-7-5-9-26-14/h5,7,9,12-13H,4,6,8,10H2,1-3H3,(H,20,22)/t13-,18-/m0/s1. The van der Waals surface area contributed by atoms with Crippen LogP contribution in [0.3, 0.4) is 0 Å². The fraction of sp³-hybridized carbons (Fsp3) is 0.556. The van der Waals surface area contributed by atoms with E-state index in [1.54, 1.807) is 19.1 Å². The summed E-state index contributed by atoms with van der Waals surface area (Å²) >= 11 is 1.32. The molecule has 1 aromatic rings. The van der Waals surface area contributed by atoms with E-state index in [9.17, 15) is 19.6 Å². The van der Waals surface area contributed by atoms with Crippen LogP contribution in [-0.2, 0) is 14.3 Å². The summed E-state index contributed by atoms with van der Waals surface area (Å²) < 4.78 is 5.10. The van der Waals surface area contributed by atoms with Gasteiger partial charge in [0.2, 0.25) is 0 Å². The zero-order chi connectivity index (χ0) is 19.3. The molecular weight excluding hydrogens is 354 g/mol. The van der Waals surface area contributed by atoms with Gasteiger partial charge >= 0.3 is 5.97 Å². The number of carbonyl (C=O) groups excluding carboxylic acids is 3. The fourth-order valence-electron chi connectivity index (χ4n) is 2.66. The first-order valence-electron chi connectivity index (χ1n) is 8.52. The lowest BCUT2D eigenvalue weighted by Crippen LogP contribution is -2.50. The normalized spacial score (nSPS) is 18.9. The monoisotopic (exact) mass is 377 g/mol. The quantitative estimate of drug-likeness (QED) is 0.764. The molecule has 2 rings (SSSR count). The number of thiophene rings is 1. The first-order chi connectivity index (χ1) is 12.3. The predicted octanol–water partition coefficient (Wildman–Crippen LogP) is 1.95. The van der Waals surface area contributed by atoms with Crippen molar-refractivity contribution in [3.05, 3.63) is 22.4 Å². The van der Waals surface area contributed by atoms with Gasteiger partial charge in [-0.1, -0.05) is 19.9 Å². The van der Waals surface area contributed by atoms with Gasteiger partial charge in [0.25, 0.3) is 11.8 Å². The molecule has 0 radical (unpaired) electrons. The van der Waals surface area contributed by atoms with Gasteiger partial charge in [-0.3, -0.25) is 9.59 Å². The topological polar surface area (TPSA) is 99.5 Å². The van der Waals surface area contributed by atoms with Crippen molar-refractivity contribution >= 4 is 29.1 Å². The molecule has 0 spiro atoms. The number of hydrogen-bond acceptors (Lipinski definition) is 6. The highest BCUT2D eigenvalue weighted by Crippen LogP contribution is 2.23. The highest BCUT2D eigenvalue weighted by atomic mass is 32.1. The summed E-state index contributed by atoms with van der Waals surface area (Å²) in [6, 6.07) is 4.89. The third kappa shape index (κ3) is 4.41. The van der Waals surface area contributed by atoms with Gasteiger partial charge in [-0.15, -0.1) is 11.3 Å². The number of nitrogens with zero attached hydrogens (tertiary/aromatic N) is 2. The molecule has 1 saturated heterocycles. The lowest BCUT2D eigenvalue weighted by Gasteiger charge is -2.27. The molecule has 0 aliphatic carbocycles. The fourth-order valence-corrected chi connectivity index (χ4v) is 3.34. The zero-order valence-corrected chi connectivity index (χ0v) is 16.0. The van der Waals surface area contributed by atoms with Crippen LogP contribution in [0.15, 0.2) is 17.5 Å². The molecule has 1 aromatic heterocycles. The molecule has 0 unspecified atom stereocenters. The third-order valence-electron chi connectivity index (χ3n) is 4.65. The maximum Gasteiger partial charge on any atom is 0.329 e. The first kappa shape index (κ1) is 19.9. The molecule has 0 aromatic carbocycles. The SMILES string of the molecule is CC(C)[C@](C)(C#N)NC(=O)COC(=O)[C@@H]1CCCN1C(=O)c1cccs1. The van der Waals surface area contributed by atoms with Crippen molar-refractivity contribution < 1.29 is 19.1 Å². The maximum absolute atomic E-state index is 12.5. The highest BCUT2D eigenvalue weighted by molar-refractivity contribution is 7.12. The van der Waals surface area contributed by atoms with Crippen LogP contribution in [-0.4, -0.2) is 47.4 Å². The summed E-state index contributed by atoms with van der Waals surface area (Å²) in [5, 5.41) is 13.6. The average molecular weight is 377 g/mol. The van der Waals surface area contributed by atoms with E-state index in [1.807, 2.05) is 19.2 Å². The Labute approximate surface area is 156 Å². The van der Waals surface area contributed by atoms with Crippen molar-refractivity contribution in [2.24, 2.45) is 5.92 Å². The van der Waals surface area contributed by atoms with E-state index in [1.165, 1.54) is 16.2 Å². The summed E-state index contributed by atoms with van der Waals surface area (Å²) in [7, 11) is 0. The molecule has 0 saturated carbocycles. The van der Waals surface area contributed by atoms with Crippen LogP contribution in [0.25, 0.3) is 0 Å². The number of nitrogens with one attached hydrogen (secondary N) is 1. The average Bonchev–Trinajstić information content (AvgIpc) is 3.30. The molecule has 1 aliphatic heterocycles. The Morgan fingerprint density at radius 1 is 1.50 bits per heavy atom. The second-order valence-electron chi connectivity index (χ2n) is 6.76. The number of likely N-dealkylation sites (tertiary alicyclic amines) is 1. The molecule has 2 heterocycles. The van der Waals surface area contributed by atoms with Crippen LogP contribution in [0.4, 0.5) is 0 Å². The van der Waals surface area contributed by atoms with E-state index in [0.717, 1.165) is 0 Å². The molecule has 26 heavy (non-hydrogen) atoms. The third-order valence-corrected chi connectivity index (χ3v) is 5.51. The van der Waals surface area contributed by atoms with Crippen molar-refractivity contribution in [1.29, 1.82) is 5.26 Å². The van der Waals surface area contributed by atoms with Crippen LogP contribution < -0.4 is 5.32 Å². The predicted molar refractivity (Wildman–Crippen MR) is 96.3 cm³/mol. The molecular formula is C18H23N3O4S. The molecule has 140 valence electrons. The summed E-state index contributed by atoms with van der Waals surface area (Å²) in [5.74, 6) is -1.42. The van der Waals surface area contributed by atoms with Gasteiger partial charge in [0.1, 0.15) is 11.6 Å². The van der Waals surface area contributed by atoms with Gasteiger partial charge in [0.15, 0.2) is 6.61 Å². The van der Waals surface area contributed by atoms with Gasteiger partial charge < -0.3 is 15.0 Å². The Morgan fingerprint density at radius 2 is 2.23 bits per heavy atom. The van der Waals surface area contributed by atoms with Gasteiger partial charge in [0, 0.05) is 6.54 Å². The second-order valence-corrected chi connectivity index (χ2v) is 7.71. The van der Waals surface area contributed by atoms with Crippen molar-refractivity contribution in [1.82, 2.24) is 10.2 Å². The zero-order valence-electron chi connectivity index (χ0n) is 15.2. The largest absolute Gasteiger partial charge is 0.454 e. The van der Waals surface area contributed by atoms with Crippen LogP contribution in [0.1, 0.15) is 43.3 Å². The minimum absolute atomic E-state index is 0.0964. The highest BCUT2D eigenvalue weighted by Gasteiger charge is 2.36. The Hall–Kier alpha value is -2.40. The van der Waals surface area contributed by atoms with Gasteiger partial charge in [-0.05, 0) is 37.1 Å². The van der Waals surface area contributed by atoms with Gasteiger partial charge in [0.05, 0.1) is 10.9 Å². The number of ether oxygens (including phenoxy) is 1. The molecule has 8 heteroatoms. The molecule has 1 aliphatic rings. The van der Waals surface area contributed by atoms with E-state index in [4.69, 9.17) is 4.74 Å². The van der Waals surface area contributed by atoms with E-state index in [2.05, 4.69) is 11.4 Å². The lowest BCUT2D eigenvalue weighted by atomic mass is 9.90. The molecule has 2 atom stereocenters. The Bertz CT molecular complexity index is 711. The van der Waals surface area contributed by atoms with E-state index in [0.29, 0.717) is 24.3 Å².